The Bertz CT molecular complexity index is 4960. The average Bonchev–Trinajstić information content (AvgIpc) is 0.845. The van der Waals surface area contributed by atoms with Crippen molar-refractivity contribution < 1.29 is 61.8 Å². The van der Waals surface area contributed by atoms with Crippen LogP contribution >= 0.6 is 34.8 Å². The van der Waals surface area contributed by atoms with Gasteiger partial charge in [-0.3, -0.25) is 47.9 Å². The number of benzene rings is 10. The second kappa shape index (κ2) is 64.5. The highest BCUT2D eigenvalue weighted by Gasteiger charge is 2.25. The molecule has 21 nitrogen and oxygen atoms in total. The van der Waals surface area contributed by atoms with E-state index in [1.54, 1.807) is 43.4 Å². The zero-order chi connectivity index (χ0) is 102. The van der Waals surface area contributed by atoms with Crippen LogP contribution in [0.15, 0.2) is 243 Å². The van der Waals surface area contributed by atoms with E-state index >= 15 is 0 Å². The molecule has 7 unspecified atom stereocenters. The maximum Gasteiger partial charge on any atom is 0.220 e. The first-order valence-electron chi connectivity index (χ1n) is 44.2. The summed E-state index contributed by atoms with van der Waals surface area (Å²) in [5.74, 6) is -1.84. The number of nitrogens with one attached hydrogen (secondary N) is 1. The number of aliphatic hydroxyl groups is 1. The highest BCUT2D eigenvalue weighted by molar-refractivity contribution is 6.31. The van der Waals surface area contributed by atoms with Gasteiger partial charge in [-0.15, -0.1) is 0 Å². The number of aryl methyl sites for hydroxylation is 4. The molecule has 8 atom stereocenters. The van der Waals surface area contributed by atoms with Crippen LogP contribution in [0.4, 0.5) is 8.78 Å². The molecule has 0 saturated heterocycles. The Morgan fingerprint density at radius 2 is 0.563 bits per heavy atom. The lowest BCUT2D eigenvalue weighted by molar-refractivity contribution is -0.122. The molecule has 0 aliphatic carbocycles. The van der Waals surface area contributed by atoms with Gasteiger partial charge in [0.1, 0.15) is 11.6 Å². The first-order chi connectivity index (χ1) is 62.7. The van der Waals surface area contributed by atoms with Crippen LogP contribution in [-0.2, 0) is 65.4 Å². The van der Waals surface area contributed by atoms with Crippen molar-refractivity contribution in [3.05, 3.63) is 353 Å². The number of carbonyl (C=O) groups excluding carboxylic acids is 10. The van der Waals surface area contributed by atoms with Gasteiger partial charge < -0.3 is 62.0 Å². The summed E-state index contributed by atoms with van der Waals surface area (Å²) in [6, 6.07) is 75.4. The van der Waals surface area contributed by atoms with Crippen molar-refractivity contribution in [2.75, 3.05) is 7.05 Å². The summed E-state index contributed by atoms with van der Waals surface area (Å²) < 4.78 is 25.3. The minimum absolute atomic E-state index is 0. The third kappa shape index (κ3) is 54.5. The zero-order valence-electron chi connectivity index (χ0n) is 80.6. The number of hydrogen-bond acceptors (Lipinski definition) is 11. The summed E-state index contributed by atoms with van der Waals surface area (Å²) >= 11 is 17.5. The van der Waals surface area contributed by atoms with Crippen molar-refractivity contribution >= 4 is 93.9 Å². The van der Waals surface area contributed by atoms with E-state index in [4.69, 9.17) is 91.5 Å². The molecule has 10 aromatic rings. The number of halogens is 5. The summed E-state index contributed by atoms with van der Waals surface area (Å²) in [6.45, 7) is 31.9. The Hall–Kier alpha value is -12.4. The Kier molecular flexibility index (Phi) is 58.6. The molecule has 0 aromatic heterocycles. The third-order valence-corrected chi connectivity index (χ3v) is 22.2. The van der Waals surface area contributed by atoms with Crippen molar-refractivity contribution in [3.63, 3.8) is 0 Å². The summed E-state index contributed by atoms with van der Waals surface area (Å²) in [7, 11) is 1.65. The van der Waals surface area contributed by atoms with Crippen LogP contribution in [0.5, 0.6) is 0 Å². The van der Waals surface area contributed by atoms with E-state index in [9.17, 15) is 56.7 Å². The summed E-state index contributed by atoms with van der Waals surface area (Å²) in [5, 5.41) is 13.5. The molecule has 0 aliphatic heterocycles. The monoisotopic (exact) mass is 1910 g/mol. The van der Waals surface area contributed by atoms with Gasteiger partial charge in [0, 0.05) is 86.3 Å². The fourth-order valence-corrected chi connectivity index (χ4v) is 13.9. The minimum Gasteiger partial charge on any atom is -0.392 e. The van der Waals surface area contributed by atoms with Gasteiger partial charge in [0.2, 0.25) is 59.1 Å². The Labute approximate surface area is 814 Å². The van der Waals surface area contributed by atoms with Gasteiger partial charge in [0.15, 0.2) is 0 Å². The number of carbonyl (C=O) groups is 10. The van der Waals surface area contributed by atoms with Gasteiger partial charge in [0.05, 0.1) is 6.61 Å². The smallest absolute Gasteiger partial charge is 0.220 e. The van der Waals surface area contributed by atoms with E-state index in [2.05, 4.69) is 17.4 Å². The second-order valence-electron chi connectivity index (χ2n) is 35.0. The number of nitrogens with two attached hydrogens (primary N) is 9. The second-order valence-corrected chi connectivity index (χ2v) is 36.3. The maximum atomic E-state index is 12.7. The molecule has 10 rings (SSSR count). The van der Waals surface area contributed by atoms with E-state index in [-0.39, 0.29) is 149 Å². The lowest BCUT2D eigenvalue weighted by Crippen LogP contribution is -2.28. The van der Waals surface area contributed by atoms with Crippen LogP contribution in [0.25, 0.3) is 0 Å². The van der Waals surface area contributed by atoms with Gasteiger partial charge in [-0.05, 0) is 202 Å². The molecule has 0 spiro atoms. The SMILES string of the molecule is C.CC(C)(CC(N)=O)c1ccc(Cl)cc1.CC(CC(N)=O)c1ccc(CO)c(Cl)c1.CC(CC(N)=O)c1ccc(F)cc1.CC(CC(N)=O)c1cccc(F)c1.CNC(=O)CC(C)(C)c1ccc(Cl)cc1.C[C@H](CC(N)=O)c1ccccc1.Cc1ccc(C(C)CC(N)=O)cc1.Cc1ccc(C(C)CC(N)=O)cc1.Cc1cccc(C(C)CC(N)=O)c1.Cc1cccc(C(C)CC(N)=O)c1. The topological polar surface area (TPSA) is 437 Å². The Morgan fingerprint density at radius 3 is 0.837 bits per heavy atom. The fraction of sp³-hybridized carbons (Fsp3) is 0.358. The number of primary amides is 9. The molecule has 10 aromatic carbocycles. The van der Waals surface area contributed by atoms with Gasteiger partial charge in [-0.1, -0.05) is 336 Å². The van der Waals surface area contributed by atoms with E-state index < -0.39 is 0 Å². The van der Waals surface area contributed by atoms with Crippen LogP contribution in [0.3, 0.4) is 0 Å². The van der Waals surface area contributed by atoms with E-state index in [1.165, 1.54) is 68.8 Å². The molecule has 20 N–H and O–H groups in total. The lowest BCUT2D eigenvalue weighted by Gasteiger charge is -2.24. The molecule has 0 radical (unpaired) electrons. The molecule has 0 aliphatic rings. The molecular weight excluding hydrogens is 1770 g/mol. The molecule has 10 amide bonds. The zero-order valence-corrected chi connectivity index (χ0v) is 82.9. The minimum atomic E-state index is -0.364. The predicted molar refractivity (Wildman–Crippen MR) is 547 cm³/mol. The van der Waals surface area contributed by atoms with E-state index in [0.29, 0.717) is 73.4 Å². The highest BCUT2D eigenvalue weighted by Crippen LogP contribution is 2.32. The number of amides is 10. The van der Waals surface area contributed by atoms with Crippen molar-refractivity contribution in [2.24, 2.45) is 51.6 Å². The molecule has 0 fully saturated rings. The summed E-state index contributed by atoms with van der Waals surface area (Å²) in [6.07, 6.45) is 3.77. The van der Waals surface area contributed by atoms with Crippen molar-refractivity contribution in [1.82, 2.24) is 5.32 Å². The standard InChI is InChI=1S/C12H16ClNO.C11H14ClNO2.C11H14ClNO.4C11H15NO.2C10H12FNO.C10H13NO.CH4/c1-12(2,8-11(15)14-3)9-4-6-10(13)7-5-9;1-7(4-11(13)15)8-2-3-9(6-14)10(12)5-8;1-11(2,7-10(13)14)8-3-5-9(12)6-4-8;2*1-8-3-5-10(6-4-8)9(2)7-11(12)13;2*1-8-4-3-5-10(6-8)9(2)7-11(12)13;1-7(6-10(12)13)8-2-4-9(11)5-3-8;1-7(5-10(12)13)8-3-2-4-9(11)6-8;1-8(7-10(11)12)9-5-3-2-4-6-9;/h4-7H,8H2,1-3H3,(H,14,15);2-3,5,7,14H,4,6H2,1H3,(H2,13,15);3-6H,7H2,1-2H3,(H2,13,14);4*3-6,9H,7H2,1-2H3,(H2,12,13);2-5,7H,6H2,1H3,(H2,12,13);2-4,6-7H,5H2,1H3,(H2,12,13);2-6,8H,7H2,1H3,(H2,11,12);1H4/t;;;;;;;;;8-;/m.........1./s1. The lowest BCUT2D eigenvalue weighted by atomic mass is 9.81. The van der Waals surface area contributed by atoms with Gasteiger partial charge in [-0.2, -0.15) is 0 Å². The largest absolute Gasteiger partial charge is 0.392 e. The van der Waals surface area contributed by atoms with Gasteiger partial charge in [0.25, 0.3) is 0 Å². The van der Waals surface area contributed by atoms with Crippen molar-refractivity contribution in [1.29, 1.82) is 0 Å². The number of hydrogen-bond donors (Lipinski definition) is 11. The molecule has 732 valence electrons. The maximum absolute atomic E-state index is 12.7. The quantitative estimate of drug-likeness (QED) is 0.0194. The first-order valence-corrected chi connectivity index (χ1v) is 45.3. The summed E-state index contributed by atoms with van der Waals surface area (Å²) in [5.41, 5.74) is 61.9. The molecule has 0 heterocycles. The van der Waals surface area contributed by atoms with Crippen molar-refractivity contribution in [2.45, 2.75) is 247 Å². The molecule has 26 heteroatoms. The van der Waals surface area contributed by atoms with Crippen LogP contribution in [0.1, 0.15) is 286 Å². The van der Waals surface area contributed by atoms with Crippen LogP contribution in [0.2, 0.25) is 15.1 Å². The number of rotatable bonds is 31. The predicted octanol–water partition coefficient (Wildman–Crippen LogP) is 20.9. The molecule has 0 saturated carbocycles. The van der Waals surface area contributed by atoms with Crippen molar-refractivity contribution in [3.8, 4) is 0 Å². The summed E-state index contributed by atoms with van der Waals surface area (Å²) in [4.78, 5) is 107. The van der Waals surface area contributed by atoms with Crippen LogP contribution in [0, 0.1) is 39.3 Å². The fourth-order valence-electron chi connectivity index (χ4n) is 13.4. The number of aliphatic hydroxyl groups excluding tert-OH is 1. The Morgan fingerprint density at radius 1 is 0.304 bits per heavy atom. The normalized spacial score (nSPS) is 12.1. The molecule has 135 heavy (non-hydrogen) atoms. The Balaban J connectivity index is 0.00000148. The average molecular weight is 1920 g/mol. The van der Waals surface area contributed by atoms with E-state index in [0.717, 1.165) is 38.4 Å². The highest BCUT2D eigenvalue weighted by atomic mass is 35.5. The van der Waals surface area contributed by atoms with Crippen LogP contribution in [-0.4, -0.2) is 71.2 Å². The molecular formula is C109H145Cl3F2N10O11. The van der Waals surface area contributed by atoms with E-state index in [1.807, 2.05) is 281 Å². The first kappa shape index (κ1) is 123. The third-order valence-electron chi connectivity index (χ3n) is 21.4. The van der Waals surface area contributed by atoms with Gasteiger partial charge >= 0.3 is 0 Å². The molecule has 0 bridgehead atoms. The van der Waals surface area contributed by atoms with Crippen LogP contribution < -0.4 is 56.9 Å². The van der Waals surface area contributed by atoms with Gasteiger partial charge in [-0.25, -0.2) is 8.78 Å².